The lowest BCUT2D eigenvalue weighted by Gasteiger charge is -2.20. The van der Waals surface area contributed by atoms with Gasteiger partial charge in [-0.1, -0.05) is 43.1 Å². The standard InChI is InChI=1S/C20H21Cl2N5O/c1-12(2)18(11-28)26-20-25-17(16-5-3-4-6-23-16)10-19(27-20)24-15-8-13(21)7-14(22)9-15/h3-10,12,18,28H,11H2,1-2H3,(H2,24,25,26,27)/t18-/m0/s1. The van der Waals surface area contributed by atoms with Gasteiger partial charge in [-0.2, -0.15) is 4.98 Å². The van der Waals surface area contributed by atoms with Crippen LogP contribution in [0.2, 0.25) is 10.0 Å². The zero-order chi connectivity index (χ0) is 20.1. The summed E-state index contributed by atoms with van der Waals surface area (Å²) in [5.74, 6) is 1.15. The zero-order valence-corrected chi connectivity index (χ0v) is 17.0. The summed E-state index contributed by atoms with van der Waals surface area (Å²) in [6, 6.07) is 12.4. The van der Waals surface area contributed by atoms with Crippen molar-refractivity contribution in [2.24, 2.45) is 5.92 Å². The number of nitrogens with one attached hydrogen (secondary N) is 2. The minimum Gasteiger partial charge on any atom is -0.394 e. The van der Waals surface area contributed by atoms with Crippen LogP contribution in [-0.4, -0.2) is 32.7 Å². The minimum absolute atomic E-state index is 0.0263. The summed E-state index contributed by atoms with van der Waals surface area (Å²) in [7, 11) is 0. The molecule has 0 spiro atoms. The van der Waals surface area contributed by atoms with Crippen LogP contribution in [0.15, 0.2) is 48.7 Å². The second-order valence-electron chi connectivity index (χ2n) is 6.64. The van der Waals surface area contributed by atoms with Gasteiger partial charge in [-0.3, -0.25) is 4.98 Å². The lowest BCUT2D eigenvalue weighted by Crippen LogP contribution is -2.30. The molecule has 146 valence electrons. The Hall–Kier alpha value is -2.41. The van der Waals surface area contributed by atoms with Crippen molar-refractivity contribution in [3.63, 3.8) is 0 Å². The maximum absolute atomic E-state index is 9.63. The fourth-order valence-electron chi connectivity index (χ4n) is 2.58. The van der Waals surface area contributed by atoms with E-state index in [1.165, 1.54) is 0 Å². The van der Waals surface area contributed by atoms with E-state index in [1.807, 2.05) is 32.0 Å². The van der Waals surface area contributed by atoms with Crippen LogP contribution in [0.4, 0.5) is 17.5 Å². The molecule has 0 aliphatic heterocycles. The van der Waals surface area contributed by atoms with E-state index in [4.69, 9.17) is 23.2 Å². The van der Waals surface area contributed by atoms with Crippen LogP contribution in [0.1, 0.15) is 13.8 Å². The number of halogens is 2. The van der Waals surface area contributed by atoms with Crippen LogP contribution in [0.5, 0.6) is 0 Å². The molecular formula is C20H21Cl2N5O. The average molecular weight is 418 g/mol. The van der Waals surface area contributed by atoms with Gasteiger partial charge in [0, 0.05) is 28.0 Å². The van der Waals surface area contributed by atoms with Gasteiger partial charge in [-0.25, -0.2) is 4.98 Å². The number of hydrogen-bond acceptors (Lipinski definition) is 6. The van der Waals surface area contributed by atoms with Crippen molar-refractivity contribution in [3.8, 4) is 11.4 Å². The molecule has 6 nitrogen and oxygen atoms in total. The maximum atomic E-state index is 9.63. The second kappa shape index (κ2) is 9.19. The predicted octanol–water partition coefficient (Wildman–Crippen LogP) is 5.02. The molecule has 1 atom stereocenters. The maximum Gasteiger partial charge on any atom is 0.225 e. The number of aliphatic hydroxyl groups excluding tert-OH is 1. The van der Waals surface area contributed by atoms with Gasteiger partial charge in [0.2, 0.25) is 5.95 Å². The third-order valence-corrected chi connectivity index (χ3v) is 4.54. The number of benzene rings is 1. The van der Waals surface area contributed by atoms with Crippen LogP contribution >= 0.6 is 23.2 Å². The first kappa shape index (κ1) is 20.3. The van der Waals surface area contributed by atoms with Crippen LogP contribution in [0, 0.1) is 5.92 Å². The molecule has 0 radical (unpaired) electrons. The van der Waals surface area contributed by atoms with Gasteiger partial charge in [-0.05, 0) is 36.2 Å². The first-order valence-corrected chi connectivity index (χ1v) is 9.61. The van der Waals surface area contributed by atoms with Gasteiger partial charge in [0.05, 0.1) is 24.0 Å². The van der Waals surface area contributed by atoms with Crippen molar-refractivity contribution in [1.82, 2.24) is 15.0 Å². The third-order valence-electron chi connectivity index (χ3n) is 4.10. The molecule has 0 saturated carbocycles. The molecule has 0 amide bonds. The van der Waals surface area contributed by atoms with Crippen molar-refractivity contribution in [2.75, 3.05) is 17.2 Å². The van der Waals surface area contributed by atoms with E-state index >= 15 is 0 Å². The van der Waals surface area contributed by atoms with Crippen molar-refractivity contribution >= 4 is 40.7 Å². The Balaban J connectivity index is 1.99. The molecule has 3 aromatic rings. The van der Waals surface area contributed by atoms with E-state index in [0.717, 1.165) is 0 Å². The first-order valence-electron chi connectivity index (χ1n) is 8.85. The monoisotopic (exact) mass is 417 g/mol. The summed E-state index contributed by atoms with van der Waals surface area (Å²) >= 11 is 12.2. The number of anilines is 3. The smallest absolute Gasteiger partial charge is 0.225 e. The fraction of sp³-hybridized carbons (Fsp3) is 0.250. The summed E-state index contributed by atoms with van der Waals surface area (Å²) in [5, 5.41) is 17.1. The molecule has 2 aromatic heterocycles. The molecule has 3 rings (SSSR count). The van der Waals surface area contributed by atoms with E-state index in [0.29, 0.717) is 38.9 Å². The van der Waals surface area contributed by atoms with E-state index in [-0.39, 0.29) is 18.6 Å². The molecule has 3 N–H and O–H groups in total. The van der Waals surface area contributed by atoms with Gasteiger partial charge in [0.15, 0.2) is 0 Å². The number of aliphatic hydroxyl groups is 1. The number of pyridine rings is 1. The van der Waals surface area contributed by atoms with Gasteiger partial charge in [-0.15, -0.1) is 0 Å². The highest BCUT2D eigenvalue weighted by molar-refractivity contribution is 6.35. The molecule has 0 fully saturated rings. The first-order chi connectivity index (χ1) is 13.4. The molecule has 1 aromatic carbocycles. The largest absolute Gasteiger partial charge is 0.394 e. The summed E-state index contributed by atoms with van der Waals surface area (Å²) in [5.41, 5.74) is 2.07. The molecule has 0 saturated heterocycles. The van der Waals surface area contributed by atoms with Crippen molar-refractivity contribution in [1.29, 1.82) is 0 Å². The number of hydrogen-bond donors (Lipinski definition) is 3. The van der Waals surface area contributed by atoms with E-state index in [2.05, 4.69) is 25.6 Å². The highest BCUT2D eigenvalue weighted by atomic mass is 35.5. The van der Waals surface area contributed by atoms with Crippen LogP contribution in [0.25, 0.3) is 11.4 Å². The third kappa shape index (κ3) is 5.32. The molecule has 0 aliphatic carbocycles. The Morgan fingerprint density at radius 2 is 1.75 bits per heavy atom. The summed E-state index contributed by atoms with van der Waals surface area (Å²) < 4.78 is 0. The molecule has 8 heteroatoms. The van der Waals surface area contributed by atoms with E-state index in [1.54, 1.807) is 30.5 Å². The molecule has 2 heterocycles. The van der Waals surface area contributed by atoms with Crippen molar-refractivity contribution in [2.45, 2.75) is 19.9 Å². The number of rotatable bonds is 7. The predicted molar refractivity (Wildman–Crippen MR) is 114 cm³/mol. The Labute approximate surface area is 174 Å². The van der Waals surface area contributed by atoms with E-state index < -0.39 is 0 Å². The lowest BCUT2D eigenvalue weighted by molar-refractivity contribution is 0.248. The van der Waals surface area contributed by atoms with Gasteiger partial charge in [0.25, 0.3) is 0 Å². The Morgan fingerprint density at radius 3 is 2.36 bits per heavy atom. The summed E-state index contributed by atoms with van der Waals surface area (Å²) in [4.78, 5) is 13.5. The van der Waals surface area contributed by atoms with Crippen LogP contribution in [-0.2, 0) is 0 Å². The molecule has 0 unspecified atom stereocenters. The number of nitrogens with zero attached hydrogens (tertiary/aromatic N) is 3. The van der Waals surface area contributed by atoms with Crippen LogP contribution < -0.4 is 10.6 Å². The Bertz CT molecular complexity index is 917. The molecule has 0 aliphatic rings. The summed E-state index contributed by atoms with van der Waals surface area (Å²) in [6.07, 6.45) is 1.71. The second-order valence-corrected chi connectivity index (χ2v) is 7.51. The zero-order valence-electron chi connectivity index (χ0n) is 15.5. The van der Waals surface area contributed by atoms with Gasteiger partial charge >= 0.3 is 0 Å². The molecular weight excluding hydrogens is 397 g/mol. The molecule has 28 heavy (non-hydrogen) atoms. The lowest BCUT2D eigenvalue weighted by atomic mass is 10.1. The highest BCUT2D eigenvalue weighted by Crippen LogP contribution is 2.27. The van der Waals surface area contributed by atoms with E-state index in [9.17, 15) is 5.11 Å². The minimum atomic E-state index is -0.174. The topological polar surface area (TPSA) is 83.0 Å². The van der Waals surface area contributed by atoms with Crippen LogP contribution in [0.3, 0.4) is 0 Å². The average Bonchev–Trinajstić information content (AvgIpc) is 2.65. The van der Waals surface area contributed by atoms with Gasteiger partial charge in [0.1, 0.15) is 5.82 Å². The summed E-state index contributed by atoms with van der Waals surface area (Å²) in [6.45, 7) is 4.01. The Morgan fingerprint density at radius 1 is 1.00 bits per heavy atom. The van der Waals surface area contributed by atoms with Gasteiger partial charge < -0.3 is 15.7 Å². The quantitative estimate of drug-likeness (QED) is 0.500. The Kier molecular flexibility index (Phi) is 6.67. The number of aromatic nitrogens is 3. The normalized spacial score (nSPS) is 12.1. The van der Waals surface area contributed by atoms with Crippen molar-refractivity contribution in [3.05, 3.63) is 58.7 Å². The fourth-order valence-corrected chi connectivity index (χ4v) is 3.11. The molecule has 0 bridgehead atoms. The SMILES string of the molecule is CC(C)[C@H](CO)Nc1nc(Nc2cc(Cl)cc(Cl)c2)cc(-c2ccccn2)n1. The van der Waals surface area contributed by atoms with Crippen molar-refractivity contribution < 1.29 is 5.11 Å². The highest BCUT2D eigenvalue weighted by Gasteiger charge is 2.15.